The van der Waals surface area contributed by atoms with E-state index in [2.05, 4.69) is 99.8 Å². The molecule has 1 unspecified atom stereocenters. The van der Waals surface area contributed by atoms with Gasteiger partial charge in [0.1, 0.15) is 13.2 Å². The summed E-state index contributed by atoms with van der Waals surface area (Å²) < 4.78 is 16.9. The number of rotatable bonds is 62. The van der Waals surface area contributed by atoms with Crippen molar-refractivity contribution in [1.82, 2.24) is 0 Å². The number of allylic oxidation sites excluding steroid dienone is 14. The number of carbonyl (C=O) groups is 3. The van der Waals surface area contributed by atoms with E-state index in [0.29, 0.717) is 19.3 Å². The van der Waals surface area contributed by atoms with E-state index in [-0.39, 0.29) is 37.5 Å². The Labute approximate surface area is 490 Å². The standard InChI is InChI=1S/C73H128O6/c1-4-7-10-13-16-19-22-25-27-29-31-32-33-34-35-36-37-38-39-40-42-43-45-48-51-54-57-60-63-66-72(75)78-69-70(68-77-71(74)65-62-59-56-53-50-47-24-21-18-15-12-9-6-3)79-73(76)67-64-61-58-55-52-49-46-44-41-30-28-26-23-20-17-14-11-8-5-2/h9,12,17-18,20-21,26,28-29,31,47,50,56,59,70H,4-8,10-11,13-16,19,22-25,27,30,32-46,48-49,51-55,57-58,60-69H2,1-3H3/b12-9-,20-17-,21-18-,28-26-,31-29-,50-47-,59-56-. The molecule has 0 amide bonds. The van der Waals surface area contributed by atoms with Gasteiger partial charge < -0.3 is 14.2 Å². The Morgan fingerprint density at radius 1 is 0.266 bits per heavy atom. The van der Waals surface area contributed by atoms with Crippen molar-refractivity contribution in [2.24, 2.45) is 0 Å². The third-order valence-electron chi connectivity index (χ3n) is 14.9. The zero-order chi connectivity index (χ0) is 57.1. The lowest BCUT2D eigenvalue weighted by Gasteiger charge is -2.18. The molecule has 456 valence electrons. The molecular formula is C73H128O6. The highest BCUT2D eigenvalue weighted by molar-refractivity contribution is 5.71. The average molecular weight is 1100 g/mol. The highest BCUT2D eigenvalue weighted by Gasteiger charge is 2.19. The van der Waals surface area contributed by atoms with E-state index in [0.717, 1.165) is 70.6 Å². The van der Waals surface area contributed by atoms with Crippen molar-refractivity contribution in [2.45, 2.75) is 348 Å². The molecule has 0 radical (unpaired) electrons. The summed E-state index contributed by atoms with van der Waals surface area (Å²) >= 11 is 0. The fraction of sp³-hybridized carbons (Fsp3) is 0.767. The molecule has 1 atom stereocenters. The summed E-state index contributed by atoms with van der Waals surface area (Å²) in [6.07, 6.45) is 89.2. The summed E-state index contributed by atoms with van der Waals surface area (Å²) in [4.78, 5) is 38.3. The van der Waals surface area contributed by atoms with E-state index >= 15 is 0 Å². The molecule has 0 aliphatic heterocycles. The molecule has 0 aliphatic carbocycles. The zero-order valence-electron chi connectivity index (χ0n) is 52.4. The van der Waals surface area contributed by atoms with Crippen LogP contribution in [0.3, 0.4) is 0 Å². The molecule has 0 spiro atoms. The molecule has 79 heavy (non-hydrogen) atoms. The van der Waals surface area contributed by atoms with E-state index in [9.17, 15) is 14.4 Å². The SMILES string of the molecule is CC/C=C\C/C=C\C/C=C\C/C=C\CCC(=O)OCC(COC(=O)CCCCCCCCCCCCCCCCCCC/C=C\CCCCCCCCCC)OC(=O)CCCCCCCCCCC/C=C\C/C=C\CCCCC. The molecule has 6 heteroatoms. The molecule has 0 aromatic rings. The second-order valence-corrected chi connectivity index (χ2v) is 22.7. The van der Waals surface area contributed by atoms with Crippen LogP contribution in [0.15, 0.2) is 85.1 Å². The first-order valence-electron chi connectivity index (χ1n) is 34.1. The molecule has 0 rings (SSSR count). The molecule has 0 aliphatic rings. The number of unbranched alkanes of at least 4 members (excludes halogenated alkanes) is 37. The van der Waals surface area contributed by atoms with Crippen LogP contribution < -0.4 is 0 Å². The highest BCUT2D eigenvalue weighted by atomic mass is 16.6. The first kappa shape index (κ1) is 75.6. The first-order chi connectivity index (χ1) is 39.0. The highest BCUT2D eigenvalue weighted by Crippen LogP contribution is 2.17. The third kappa shape index (κ3) is 65.3. The van der Waals surface area contributed by atoms with Crippen molar-refractivity contribution in [3.05, 3.63) is 85.1 Å². The summed E-state index contributed by atoms with van der Waals surface area (Å²) in [7, 11) is 0. The van der Waals surface area contributed by atoms with E-state index in [4.69, 9.17) is 14.2 Å². The molecule has 0 aromatic carbocycles. The van der Waals surface area contributed by atoms with Gasteiger partial charge in [-0.15, -0.1) is 0 Å². The monoisotopic (exact) mass is 1100 g/mol. The fourth-order valence-corrected chi connectivity index (χ4v) is 9.78. The van der Waals surface area contributed by atoms with Crippen molar-refractivity contribution in [3.63, 3.8) is 0 Å². The minimum atomic E-state index is -0.808. The maximum atomic E-state index is 12.9. The predicted octanol–water partition coefficient (Wildman–Crippen LogP) is 23.4. The average Bonchev–Trinajstić information content (AvgIpc) is 3.45. The Hall–Kier alpha value is -3.41. The van der Waals surface area contributed by atoms with Gasteiger partial charge in [-0.25, -0.2) is 0 Å². The van der Waals surface area contributed by atoms with Gasteiger partial charge in [0.2, 0.25) is 0 Å². The Balaban J connectivity index is 4.25. The number of esters is 3. The molecular weight excluding hydrogens is 973 g/mol. The van der Waals surface area contributed by atoms with Gasteiger partial charge in [0.25, 0.3) is 0 Å². The molecule has 0 fully saturated rings. The van der Waals surface area contributed by atoms with Gasteiger partial charge in [-0.3, -0.25) is 14.4 Å². The molecule has 0 saturated carbocycles. The van der Waals surface area contributed by atoms with Crippen molar-refractivity contribution >= 4 is 17.9 Å². The Bertz CT molecular complexity index is 1500. The number of hydrogen-bond acceptors (Lipinski definition) is 6. The van der Waals surface area contributed by atoms with Crippen molar-refractivity contribution in [3.8, 4) is 0 Å². The van der Waals surface area contributed by atoms with Gasteiger partial charge >= 0.3 is 17.9 Å². The number of hydrogen-bond donors (Lipinski definition) is 0. The fourth-order valence-electron chi connectivity index (χ4n) is 9.78. The van der Waals surface area contributed by atoms with Crippen LogP contribution in [0.4, 0.5) is 0 Å². The second kappa shape index (κ2) is 67.1. The quantitative estimate of drug-likeness (QED) is 0.0261. The van der Waals surface area contributed by atoms with Crippen LogP contribution in [-0.2, 0) is 28.6 Å². The minimum Gasteiger partial charge on any atom is -0.462 e. The summed E-state index contributed by atoms with van der Waals surface area (Å²) in [5, 5.41) is 0. The molecule has 0 N–H and O–H groups in total. The van der Waals surface area contributed by atoms with E-state index in [1.165, 1.54) is 225 Å². The lowest BCUT2D eigenvalue weighted by molar-refractivity contribution is -0.166. The molecule has 0 aromatic heterocycles. The van der Waals surface area contributed by atoms with Crippen LogP contribution in [0.25, 0.3) is 0 Å². The first-order valence-corrected chi connectivity index (χ1v) is 34.1. The summed E-state index contributed by atoms with van der Waals surface area (Å²) in [6, 6.07) is 0. The van der Waals surface area contributed by atoms with Crippen LogP contribution in [-0.4, -0.2) is 37.2 Å². The Kier molecular flexibility index (Phi) is 64.2. The van der Waals surface area contributed by atoms with E-state index in [1.807, 2.05) is 6.08 Å². The molecule has 6 nitrogen and oxygen atoms in total. The maximum Gasteiger partial charge on any atom is 0.306 e. The van der Waals surface area contributed by atoms with Crippen molar-refractivity contribution < 1.29 is 28.6 Å². The lowest BCUT2D eigenvalue weighted by atomic mass is 10.0. The minimum absolute atomic E-state index is 0.0979. The second-order valence-electron chi connectivity index (χ2n) is 22.7. The molecule has 0 bridgehead atoms. The van der Waals surface area contributed by atoms with Gasteiger partial charge in [-0.2, -0.15) is 0 Å². The van der Waals surface area contributed by atoms with Gasteiger partial charge in [0.15, 0.2) is 6.10 Å². The summed E-state index contributed by atoms with van der Waals surface area (Å²) in [5.41, 5.74) is 0. The molecule has 0 heterocycles. The summed E-state index contributed by atoms with van der Waals surface area (Å²) in [5.74, 6) is -0.973. The Morgan fingerprint density at radius 2 is 0.519 bits per heavy atom. The van der Waals surface area contributed by atoms with Crippen LogP contribution >= 0.6 is 0 Å². The largest absolute Gasteiger partial charge is 0.462 e. The van der Waals surface area contributed by atoms with E-state index in [1.54, 1.807) is 0 Å². The topological polar surface area (TPSA) is 78.9 Å². The van der Waals surface area contributed by atoms with Crippen LogP contribution in [0.1, 0.15) is 342 Å². The van der Waals surface area contributed by atoms with Gasteiger partial charge in [0.05, 0.1) is 0 Å². The van der Waals surface area contributed by atoms with E-state index < -0.39 is 6.10 Å². The predicted molar refractivity (Wildman–Crippen MR) is 344 cm³/mol. The van der Waals surface area contributed by atoms with Crippen molar-refractivity contribution in [2.75, 3.05) is 13.2 Å². The lowest BCUT2D eigenvalue weighted by Crippen LogP contribution is -2.30. The van der Waals surface area contributed by atoms with Crippen LogP contribution in [0.2, 0.25) is 0 Å². The normalized spacial score (nSPS) is 12.6. The van der Waals surface area contributed by atoms with Crippen LogP contribution in [0.5, 0.6) is 0 Å². The maximum absolute atomic E-state index is 12.9. The van der Waals surface area contributed by atoms with Gasteiger partial charge in [-0.05, 0) is 103 Å². The van der Waals surface area contributed by atoms with Gasteiger partial charge in [-0.1, -0.05) is 305 Å². The molecule has 0 saturated heterocycles. The number of ether oxygens (including phenoxy) is 3. The summed E-state index contributed by atoms with van der Waals surface area (Å²) in [6.45, 7) is 6.47. The third-order valence-corrected chi connectivity index (χ3v) is 14.9. The number of carbonyl (C=O) groups excluding carboxylic acids is 3. The van der Waals surface area contributed by atoms with Crippen molar-refractivity contribution in [1.29, 1.82) is 0 Å². The van der Waals surface area contributed by atoms with Gasteiger partial charge in [0, 0.05) is 19.3 Å². The van der Waals surface area contributed by atoms with Crippen LogP contribution in [0, 0.1) is 0 Å². The Morgan fingerprint density at radius 3 is 0.886 bits per heavy atom. The smallest absolute Gasteiger partial charge is 0.306 e. The zero-order valence-corrected chi connectivity index (χ0v) is 52.4.